The number of rotatable bonds is 8. The van der Waals surface area contributed by atoms with E-state index in [1.54, 1.807) is 0 Å². The second-order valence-electron chi connectivity index (χ2n) is 20.6. The van der Waals surface area contributed by atoms with E-state index in [-0.39, 0.29) is 16.2 Å². The van der Waals surface area contributed by atoms with Gasteiger partial charge in [0.15, 0.2) is 0 Å². The summed E-state index contributed by atoms with van der Waals surface area (Å²) in [6.07, 6.45) is 1.96. The average molecular weight is 876 g/mol. The number of pyridine rings is 1. The Labute approximate surface area is 394 Å². The second-order valence-corrected chi connectivity index (χ2v) is 20.6. The molecule has 10 aromatic rings. The van der Waals surface area contributed by atoms with Crippen molar-refractivity contribution in [3.63, 3.8) is 0 Å². The van der Waals surface area contributed by atoms with Crippen LogP contribution in [0, 0.1) is 0 Å². The minimum atomic E-state index is -0.253. The topological polar surface area (TPSA) is 38.5 Å². The Kier molecular flexibility index (Phi) is 9.93. The Morgan fingerprint density at radius 2 is 1.00 bits per heavy atom. The summed E-state index contributed by atoms with van der Waals surface area (Å²) in [5, 5.41) is 2.27. The summed E-state index contributed by atoms with van der Waals surface area (Å²) in [5.74, 6) is 2.38. The van der Waals surface area contributed by atoms with E-state index < -0.39 is 0 Å². The Bertz CT molecular complexity index is 3440. The standard InChI is InChI=1S/C61H57N5O/c1-59(2,3)43-34-44(60(4,5)6)36-47(35-43)64-40-63(53-28-17-18-29-54(53)64)46-24-19-25-48(38-46)67-49-30-31-51-55(39-49)66(56-37-42(32-33-62-56)61(7,8)41-20-11-9-12-21-41)58-50-26-15-16-27-52(50)65(57(51)58)45-22-13-10-14-23-45/h9-39H,40H2,1-8H3. The van der Waals surface area contributed by atoms with E-state index in [0.29, 0.717) is 6.67 Å². The van der Waals surface area contributed by atoms with Crippen LogP contribution in [0.4, 0.5) is 22.7 Å². The largest absolute Gasteiger partial charge is 0.457 e. The molecule has 1 aliphatic rings. The molecule has 11 rings (SSSR count). The molecule has 0 N–H and O–H groups in total. The molecule has 0 saturated heterocycles. The molecule has 3 aromatic heterocycles. The van der Waals surface area contributed by atoms with Gasteiger partial charge >= 0.3 is 0 Å². The third kappa shape index (κ3) is 7.32. The van der Waals surface area contributed by atoms with Crippen LogP contribution in [0.15, 0.2) is 188 Å². The molecular formula is C61H57N5O. The first-order valence-corrected chi connectivity index (χ1v) is 23.5. The summed E-state index contributed by atoms with van der Waals surface area (Å²) in [7, 11) is 0. The van der Waals surface area contributed by atoms with E-state index in [1.807, 2.05) is 6.20 Å². The maximum absolute atomic E-state index is 6.91. The van der Waals surface area contributed by atoms with Crippen molar-refractivity contribution in [1.82, 2.24) is 14.1 Å². The van der Waals surface area contributed by atoms with Gasteiger partial charge in [0.25, 0.3) is 0 Å². The van der Waals surface area contributed by atoms with Crippen molar-refractivity contribution < 1.29 is 4.74 Å². The van der Waals surface area contributed by atoms with Crippen LogP contribution in [-0.4, -0.2) is 20.8 Å². The van der Waals surface area contributed by atoms with E-state index in [0.717, 1.165) is 61.5 Å². The Morgan fingerprint density at radius 3 is 1.70 bits per heavy atom. The van der Waals surface area contributed by atoms with Gasteiger partial charge in [0.1, 0.15) is 24.0 Å². The number of benzene rings is 7. The number of fused-ring (bicyclic) bond motifs is 6. The quantitative estimate of drug-likeness (QED) is 0.152. The average Bonchev–Trinajstić information content (AvgIpc) is 3.99. The lowest BCUT2D eigenvalue weighted by atomic mass is 9.78. The molecule has 0 fully saturated rings. The van der Waals surface area contributed by atoms with Gasteiger partial charge in [-0.25, -0.2) is 4.98 Å². The molecule has 0 saturated carbocycles. The SMILES string of the molecule is CC(C)(C)c1cc(N2CN(c3cccc(Oc4ccc5c(c4)n(-c4cc(C(C)(C)c6ccccc6)ccn4)c4c6ccccc6n(-c6ccccc6)c54)c3)c3ccccc32)cc(C(C)(C)C)c1. The molecule has 4 heterocycles. The molecule has 0 spiro atoms. The van der Waals surface area contributed by atoms with E-state index in [1.165, 1.54) is 39.3 Å². The molecule has 0 aliphatic carbocycles. The van der Waals surface area contributed by atoms with Crippen molar-refractivity contribution in [3.05, 3.63) is 210 Å². The lowest BCUT2D eigenvalue weighted by molar-refractivity contribution is 0.483. The molecule has 0 atom stereocenters. The lowest BCUT2D eigenvalue weighted by Gasteiger charge is -2.29. The summed E-state index contributed by atoms with van der Waals surface area (Å²) < 4.78 is 11.7. The van der Waals surface area contributed by atoms with Crippen LogP contribution in [0.3, 0.4) is 0 Å². The molecule has 0 unspecified atom stereocenters. The van der Waals surface area contributed by atoms with Gasteiger partial charge in [-0.05, 0) is 112 Å². The van der Waals surface area contributed by atoms with Gasteiger partial charge in [-0.1, -0.05) is 146 Å². The zero-order chi connectivity index (χ0) is 46.2. The van der Waals surface area contributed by atoms with Crippen LogP contribution in [-0.2, 0) is 16.2 Å². The Morgan fingerprint density at radius 1 is 0.418 bits per heavy atom. The van der Waals surface area contributed by atoms with Crippen LogP contribution in [0.25, 0.3) is 44.3 Å². The Hall–Kier alpha value is -7.57. The third-order valence-corrected chi connectivity index (χ3v) is 13.8. The minimum absolute atomic E-state index is 0.0109. The number of para-hydroxylation sites is 4. The third-order valence-electron chi connectivity index (χ3n) is 13.8. The van der Waals surface area contributed by atoms with E-state index in [2.05, 4.69) is 256 Å². The van der Waals surface area contributed by atoms with E-state index in [4.69, 9.17) is 9.72 Å². The first-order valence-electron chi connectivity index (χ1n) is 23.5. The first-order chi connectivity index (χ1) is 32.2. The summed E-state index contributed by atoms with van der Waals surface area (Å²) in [4.78, 5) is 9.98. The zero-order valence-corrected chi connectivity index (χ0v) is 39.7. The van der Waals surface area contributed by atoms with Crippen LogP contribution >= 0.6 is 0 Å². The van der Waals surface area contributed by atoms with Gasteiger partial charge in [0, 0.05) is 51.6 Å². The Balaban J connectivity index is 1.02. The number of aromatic nitrogens is 3. The lowest BCUT2D eigenvalue weighted by Crippen LogP contribution is -2.25. The molecular weight excluding hydrogens is 819 g/mol. The predicted molar refractivity (Wildman–Crippen MR) is 280 cm³/mol. The highest BCUT2D eigenvalue weighted by atomic mass is 16.5. The van der Waals surface area contributed by atoms with Gasteiger partial charge in [-0.15, -0.1) is 0 Å². The number of anilines is 4. The number of nitrogens with zero attached hydrogens (tertiary/aromatic N) is 5. The van der Waals surface area contributed by atoms with Crippen molar-refractivity contribution in [2.45, 2.75) is 71.6 Å². The van der Waals surface area contributed by atoms with Gasteiger partial charge in [0.2, 0.25) is 0 Å². The highest BCUT2D eigenvalue weighted by Gasteiger charge is 2.31. The van der Waals surface area contributed by atoms with Gasteiger partial charge in [0.05, 0.1) is 33.4 Å². The molecule has 0 bridgehead atoms. The van der Waals surface area contributed by atoms with Crippen molar-refractivity contribution in [2.24, 2.45) is 0 Å². The fourth-order valence-electron chi connectivity index (χ4n) is 9.95. The predicted octanol–water partition coefficient (Wildman–Crippen LogP) is 16.1. The van der Waals surface area contributed by atoms with Crippen LogP contribution in [0.5, 0.6) is 11.5 Å². The number of ether oxygens (including phenoxy) is 1. The van der Waals surface area contributed by atoms with Crippen LogP contribution in [0.1, 0.15) is 77.6 Å². The van der Waals surface area contributed by atoms with Crippen molar-refractivity contribution in [3.8, 4) is 23.0 Å². The summed E-state index contributed by atoms with van der Waals surface area (Å²) >= 11 is 0. The second kappa shape index (κ2) is 15.8. The summed E-state index contributed by atoms with van der Waals surface area (Å²) in [6, 6.07) is 65.4. The fraction of sp³-hybridized carbons (Fsp3) is 0.197. The fourth-order valence-corrected chi connectivity index (χ4v) is 9.95. The highest BCUT2D eigenvalue weighted by Crippen LogP contribution is 2.47. The molecule has 332 valence electrons. The molecule has 67 heavy (non-hydrogen) atoms. The van der Waals surface area contributed by atoms with Gasteiger partial charge in [-0.3, -0.25) is 4.57 Å². The monoisotopic (exact) mass is 875 g/mol. The smallest absolute Gasteiger partial charge is 0.137 e. The first kappa shape index (κ1) is 42.1. The number of hydrogen-bond acceptors (Lipinski definition) is 4. The van der Waals surface area contributed by atoms with Crippen LogP contribution in [0.2, 0.25) is 0 Å². The van der Waals surface area contributed by atoms with E-state index in [9.17, 15) is 0 Å². The maximum Gasteiger partial charge on any atom is 0.137 e. The molecule has 0 radical (unpaired) electrons. The molecule has 0 amide bonds. The molecule has 6 heteroatoms. The number of hydrogen-bond donors (Lipinski definition) is 0. The molecule has 1 aliphatic heterocycles. The van der Waals surface area contributed by atoms with Gasteiger partial charge < -0.3 is 19.1 Å². The van der Waals surface area contributed by atoms with Crippen LogP contribution < -0.4 is 14.5 Å². The zero-order valence-electron chi connectivity index (χ0n) is 39.7. The summed E-state index contributed by atoms with van der Waals surface area (Å²) in [6.45, 7) is 19.1. The summed E-state index contributed by atoms with van der Waals surface area (Å²) in [5.41, 5.74) is 15.0. The minimum Gasteiger partial charge on any atom is -0.457 e. The van der Waals surface area contributed by atoms with Gasteiger partial charge in [-0.2, -0.15) is 0 Å². The van der Waals surface area contributed by atoms with Crippen molar-refractivity contribution >= 4 is 55.6 Å². The van der Waals surface area contributed by atoms with Crippen molar-refractivity contribution in [2.75, 3.05) is 16.5 Å². The highest BCUT2D eigenvalue weighted by molar-refractivity contribution is 6.20. The van der Waals surface area contributed by atoms with E-state index >= 15 is 0 Å². The molecule has 7 aromatic carbocycles. The molecule has 6 nitrogen and oxygen atoms in total. The normalized spacial score (nSPS) is 13.3. The maximum atomic E-state index is 6.91. The van der Waals surface area contributed by atoms with Crippen molar-refractivity contribution in [1.29, 1.82) is 0 Å².